The van der Waals surface area contributed by atoms with Crippen LogP contribution in [-0.4, -0.2) is 4.98 Å². The van der Waals surface area contributed by atoms with E-state index >= 15 is 0 Å². The number of halogens is 3. The molecular formula is C13H11F3N2. The van der Waals surface area contributed by atoms with Gasteiger partial charge in [0.2, 0.25) is 0 Å². The average Bonchev–Trinajstić information content (AvgIpc) is 2.31. The number of nitrogens with zero attached hydrogens (tertiary/aromatic N) is 1. The lowest BCUT2D eigenvalue weighted by atomic mass is 10.2. The predicted molar refractivity (Wildman–Crippen MR) is 63.7 cm³/mol. The van der Waals surface area contributed by atoms with Gasteiger partial charge in [0.25, 0.3) is 0 Å². The number of benzene rings is 1. The first kappa shape index (κ1) is 12.4. The van der Waals surface area contributed by atoms with Crippen LogP contribution in [0.2, 0.25) is 0 Å². The molecule has 0 amide bonds. The Labute approximate surface area is 102 Å². The molecule has 2 nitrogen and oxygen atoms in total. The van der Waals surface area contributed by atoms with Gasteiger partial charge in [-0.2, -0.15) is 13.2 Å². The van der Waals surface area contributed by atoms with Crippen molar-refractivity contribution in [2.75, 3.05) is 5.32 Å². The zero-order valence-electron chi connectivity index (χ0n) is 9.62. The zero-order chi connectivity index (χ0) is 13.2. The maximum atomic E-state index is 12.5. The van der Waals surface area contributed by atoms with Crippen LogP contribution in [0.15, 0.2) is 42.5 Å². The fourth-order valence-corrected chi connectivity index (χ4v) is 1.51. The van der Waals surface area contributed by atoms with Crippen molar-refractivity contribution in [2.45, 2.75) is 13.1 Å². The molecule has 0 bridgehead atoms. The molecule has 0 saturated carbocycles. The maximum Gasteiger partial charge on any atom is 0.433 e. The first-order chi connectivity index (χ1) is 8.47. The molecule has 0 aliphatic heterocycles. The van der Waals surface area contributed by atoms with Gasteiger partial charge in [0.05, 0.1) is 0 Å². The molecule has 2 rings (SSSR count). The van der Waals surface area contributed by atoms with Crippen molar-refractivity contribution in [1.82, 2.24) is 4.98 Å². The van der Waals surface area contributed by atoms with Crippen molar-refractivity contribution in [3.05, 3.63) is 53.7 Å². The molecule has 0 spiro atoms. The summed E-state index contributed by atoms with van der Waals surface area (Å²) in [5.74, 6) is 0.180. The van der Waals surface area contributed by atoms with Gasteiger partial charge in [-0.05, 0) is 30.7 Å². The zero-order valence-corrected chi connectivity index (χ0v) is 9.62. The number of aromatic nitrogens is 1. The van der Waals surface area contributed by atoms with Crippen molar-refractivity contribution in [3.8, 4) is 0 Å². The van der Waals surface area contributed by atoms with E-state index in [4.69, 9.17) is 0 Å². The van der Waals surface area contributed by atoms with Crippen LogP contribution in [0, 0.1) is 6.92 Å². The highest BCUT2D eigenvalue weighted by Crippen LogP contribution is 2.29. The monoisotopic (exact) mass is 252 g/mol. The standard InChI is InChI=1S/C13H11F3N2/c1-9-5-2-3-6-10(9)17-12-8-4-7-11(18-12)13(14,15)16/h2-8H,1H3,(H,17,18). The van der Waals surface area contributed by atoms with Crippen LogP contribution in [0.25, 0.3) is 0 Å². The van der Waals surface area contributed by atoms with Gasteiger partial charge in [0.1, 0.15) is 11.5 Å². The largest absolute Gasteiger partial charge is 0.433 e. The highest BCUT2D eigenvalue weighted by atomic mass is 19.4. The third kappa shape index (κ3) is 2.80. The van der Waals surface area contributed by atoms with Gasteiger partial charge in [0, 0.05) is 5.69 Å². The minimum absolute atomic E-state index is 0.180. The van der Waals surface area contributed by atoms with E-state index in [1.54, 1.807) is 6.07 Å². The smallest absolute Gasteiger partial charge is 0.340 e. The van der Waals surface area contributed by atoms with Crippen LogP contribution < -0.4 is 5.32 Å². The molecule has 0 aliphatic rings. The number of anilines is 2. The number of hydrogen-bond donors (Lipinski definition) is 1. The molecule has 2 aromatic rings. The molecule has 0 radical (unpaired) electrons. The van der Waals surface area contributed by atoms with Crippen LogP contribution >= 0.6 is 0 Å². The molecule has 5 heteroatoms. The number of pyridine rings is 1. The van der Waals surface area contributed by atoms with Gasteiger partial charge in [-0.15, -0.1) is 0 Å². The van der Waals surface area contributed by atoms with E-state index in [9.17, 15) is 13.2 Å². The van der Waals surface area contributed by atoms with Crippen molar-refractivity contribution < 1.29 is 13.2 Å². The summed E-state index contributed by atoms with van der Waals surface area (Å²) in [6.07, 6.45) is -4.43. The first-order valence-corrected chi connectivity index (χ1v) is 5.34. The molecule has 0 unspecified atom stereocenters. The number of rotatable bonds is 2. The van der Waals surface area contributed by atoms with Crippen LogP contribution in [0.5, 0.6) is 0 Å². The summed E-state index contributed by atoms with van der Waals surface area (Å²) in [7, 11) is 0. The highest BCUT2D eigenvalue weighted by molar-refractivity contribution is 5.60. The van der Waals surface area contributed by atoms with E-state index in [2.05, 4.69) is 10.3 Å². The van der Waals surface area contributed by atoms with E-state index in [0.29, 0.717) is 0 Å². The lowest BCUT2D eigenvalue weighted by molar-refractivity contribution is -0.141. The van der Waals surface area contributed by atoms with Gasteiger partial charge in [0.15, 0.2) is 0 Å². The molecule has 1 N–H and O–H groups in total. The molecule has 0 atom stereocenters. The molecule has 0 aliphatic carbocycles. The summed E-state index contributed by atoms with van der Waals surface area (Å²) in [5, 5.41) is 2.87. The van der Waals surface area contributed by atoms with E-state index in [0.717, 1.165) is 17.3 Å². The second kappa shape index (κ2) is 4.68. The molecule has 18 heavy (non-hydrogen) atoms. The Morgan fingerprint density at radius 2 is 1.72 bits per heavy atom. The number of hydrogen-bond acceptors (Lipinski definition) is 2. The Kier molecular flexibility index (Phi) is 3.23. The topological polar surface area (TPSA) is 24.9 Å². The maximum absolute atomic E-state index is 12.5. The minimum atomic E-state index is -4.43. The molecule has 1 aromatic carbocycles. The second-order valence-corrected chi connectivity index (χ2v) is 3.85. The number of para-hydroxylation sites is 1. The average molecular weight is 252 g/mol. The summed E-state index contributed by atoms with van der Waals surface area (Å²) >= 11 is 0. The third-order valence-electron chi connectivity index (χ3n) is 2.45. The van der Waals surface area contributed by atoms with Crippen molar-refractivity contribution in [2.24, 2.45) is 0 Å². The van der Waals surface area contributed by atoms with Gasteiger partial charge >= 0.3 is 6.18 Å². The van der Waals surface area contributed by atoms with Gasteiger partial charge in [-0.25, -0.2) is 4.98 Å². The molecule has 0 fully saturated rings. The lowest BCUT2D eigenvalue weighted by Crippen LogP contribution is -2.09. The minimum Gasteiger partial charge on any atom is -0.340 e. The molecule has 1 heterocycles. The Morgan fingerprint density at radius 1 is 1.00 bits per heavy atom. The Hall–Kier alpha value is -2.04. The van der Waals surface area contributed by atoms with E-state index in [-0.39, 0.29) is 5.82 Å². The summed E-state index contributed by atoms with van der Waals surface area (Å²) in [6.45, 7) is 1.87. The van der Waals surface area contributed by atoms with Crippen molar-refractivity contribution in [1.29, 1.82) is 0 Å². The van der Waals surface area contributed by atoms with E-state index < -0.39 is 11.9 Å². The molecule has 1 aromatic heterocycles. The fourth-order valence-electron chi connectivity index (χ4n) is 1.51. The van der Waals surface area contributed by atoms with Crippen LogP contribution in [0.1, 0.15) is 11.3 Å². The lowest BCUT2D eigenvalue weighted by Gasteiger charge is -2.11. The summed E-state index contributed by atoms with van der Waals surface area (Å²) in [4.78, 5) is 3.54. The Balaban J connectivity index is 2.28. The Morgan fingerprint density at radius 3 is 2.39 bits per heavy atom. The number of alkyl halides is 3. The van der Waals surface area contributed by atoms with Crippen LogP contribution in [0.3, 0.4) is 0 Å². The summed E-state index contributed by atoms with van der Waals surface area (Å²) < 4.78 is 37.5. The van der Waals surface area contributed by atoms with E-state index in [1.807, 2.05) is 25.1 Å². The van der Waals surface area contributed by atoms with Gasteiger partial charge in [-0.1, -0.05) is 24.3 Å². The SMILES string of the molecule is Cc1ccccc1Nc1cccc(C(F)(F)F)n1. The van der Waals surface area contributed by atoms with Gasteiger partial charge < -0.3 is 5.32 Å². The normalized spacial score (nSPS) is 11.3. The number of aryl methyl sites for hydroxylation is 1. The van der Waals surface area contributed by atoms with Crippen LogP contribution in [-0.2, 0) is 6.18 Å². The highest BCUT2D eigenvalue weighted by Gasteiger charge is 2.32. The first-order valence-electron chi connectivity index (χ1n) is 5.34. The molecule has 94 valence electrons. The number of nitrogens with one attached hydrogen (secondary N) is 1. The molecule has 0 saturated heterocycles. The molecular weight excluding hydrogens is 241 g/mol. The van der Waals surface area contributed by atoms with E-state index in [1.165, 1.54) is 12.1 Å². The summed E-state index contributed by atoms with van der Waals surface area (Å²) in [5.41, 5.74) is 0.780. The fraction of sp³-hybridized carbons (Fsp3) is 0.154. The van der Waals surface area contributed by atoms with Crippen LogP contribution in [0.4, 0.5) is 24.7 Å². The second-order valence-electron chi connectivity index (χ2n) is 3.85. The quantitative estimate of drug-likeness (QED) is 0.868. The van der Waals surface area contributed by atoms with Crippen molar-refractivity contribution >= 4 is 11.5 Å². The van der Waals surface area contributed by atoms with Crippen molar-refractivity contribution in [3.63, 3.8) is 0 Å². The summed E-state index contributed by atoms with van der Waals surface area (Å²) in [6, 6.07) is 11.1. The third-order valence-corrected chi connectivity index (χ3v) is 2.45. The Bertz CT molecular complexity index is 550. The predicted octanol–water partition coefficient (Wildman–Crippen LogP) is 4.15. The van der Waals surface area contributed by atoms with Gasteiger partial charge in [-0.3, -0.25) is 0 Å².